The molecule has 4 heterocycles. The van der Waals surface area contributed by atoms with Crippen LogP contribution >= 0.6 is 0 Å². The fourth-order valence-corrected chi connectivity index (χ4v) is 10.8. The van der Waals surface area contributed by atoms with Crippen molar-refractivity contribution in [1.82, 2.24) is 40.4 Å². The van der Waals surface area contributed by atoms with E-state index in [0.29, 0.717) is 24.9 Å². The van der Waals surface area contributed by atoms with E-state index >= 15 is 0 Å². The number of benzene rings is 3. The van der Waals surface area contributed by atoms with E-state index in [0.717, 1.165) is 71.5 Å². The number of carbonyl (C=O) groups excluding carboxylic acids is 4. The SMILES string of the molecule is COC(=O)N[C@H](C(=O)N1CCC[C@H]1c1ncc(-c2ccc3cc(-c4ccc(-c5cnc([C@@H]6CCCN6C(=O)[C@@H](NC(=O)OC)C(C)C)[nH]5)c5c4C4CCC5C4)ccc3c2)[nH]1)C(C)C. The number of aromatic nitrogens is 4. The summed E-state index contributed by atoms with van der Waals surface area (Å²) in [4.78, 5) is 72.1. The highest BCUT2D eigenvalue weighted by Crippen LogP contribution is 2.58. The number of alkyl carbamates (subject to hydrolysis) is 2. The number of imidazole rings is 2. The quantitative estimate of drug-likeness (QED) is 0.102. The molecule has 2 saturated heterocycles. The number of hydrogen-bond donors (Lipinski definition) is 4. The molecule has 0 spiro atoms. The Morgan fingerprint density at radius 2 is 1.11 bits per heavy atom. The van der Waals surface area contributed by atoms with E-state index in [4.69, 9.17) is 19.4 Å². The second-order valence-corrected chi connectivity index (χ2v) is 18.4. The van der Waals surface area contributed by atoms with Crippen molar-refractivity contribution in [1.29, 1.82) is 0 Å². The number of methoxy groups -OCH3 is 2. The molecule has 0 radical (unpaired) electrons. The molecule has 14 heteroatoms. The molecule has 2 aromatic heterocycles. The van der Waals surface area contributed by atoms with Gasteiger partial charge in [-0.1, -0.05) is 64.1 Å². The van der Waals surface area contributed by atoms with Crippen LogP contribution in [0.5, 0.6) is 0 Å². The molecule has 330 valence electrons. The van der Waals surface area contributed by atoms with Crippen molar-refractivity contribution in [2.45, 2.75) is 109 Å². The molecule has 3 aromatic carbocycles. The van der Waals surface area contributed by atoms with E-state index in [1.54, 1.807) is 0 Å². The number of fused-ring (bicyclic) bond motifs is 6. The van der Waals surface area contributed by atoms with Crippen LogP contribution in [0, 0.1) is 11.8 Å². The molecule has 4 N–H and O–H groups in total. The van der Waals surface area contributed by atoms with Crippen LogP contribution in [0.3, 0.4) is 0 Å². The monoisotopic (exact) mass is 854 g/mol. The van der Waals surface area contributed by atoms with Gasteiger partial charge in [-0.3, -0.25) is 9.59 Å². The Hall–Kier alpha value is -6.18. The minimum absolute atomic E-state index is 0.101. The number of nitrogens with zero attached hydrogens (tertiary/aromatic N) is 4. The number of likely N-dealkylation sites (tertiary alicyclic amines) is 2. The number of nitrogens with one attached hydrogen (secondary N) is 4. The van der Waals surface area contributed by atoms with Crippen molar-refractivity contribution >= 4 is 34.8 Å². The Labute approximate surface area is 367 Å². The summed E-state index contributed by atoms with van der Waals surface area (Å²) in [7, 11) is 2.61. The topological polar surface area (TPSA) is 175 Å². The van der Waals surface area contributed by atoms with Gasteiger partial charge in [0, 0.05) is 24.2 Å². The molecule has 2 bridgehead atoms. The number of hydrogen-bond acceptors (Lipinski definition) is 8. The molecular formula is C49H58N8O6. The summed E-state index contributed by atoms with van der Waals surface area (Å²) >= 11 is 0. The molecule has 2 aliphatic carbocycles. The molecule has 63 heavy (non-hydrogen) atoms. The zero-order valence-corrected chi connectivity index (χ0v) is 37.0. The van der Waals surface area contributed by atoms with E-state index in [9.17, 15) is 19.2 Å². The summed E-state index contributed by atoms with van der Waals surface area (Å²) in [5, 5.41) is 7.74. The lowest BCUT2D eigenvalue weighted by Crippen LogP contribution is -2.51. The van der Waals surface area contributed by atoms with Crippen LogP contribution in [0.15, 0.2) is 60.9 Å². The average Bonchev–Trinajstić information content (AvgIpc) is 4.15. The third-order valence-corrected chi connectivity index (χ3v) is 14.0. The summed E-state index contributed by atoms with van der Waals surface area (Å²) in [5.74, 6) is 2.08. The van der Waals surface area contributed by atoms with Gasteiger partial charge in [0.15, 0.2) is 0 Å². The highest BCUT2D eigenvalue weighted by molar-refractivity contribution is 5.92. The van der Waals surface area contributed by atoms with E-state index in [-0.39, 0.29) is 35.7 Å². The van der Waals surface area contributed by atoms with Gasteiger partial charge in [0.2, 0.25) is 11.8 Å². The molecule has 1 saturated carbocycles. The largest absolute Gasteiger partial charge is 0.453 e. The summed E-state index contributed by atoms with van der Waals surface area (Å²) in [6, 6.07) is 16.0. The van der Waals surface area contributed by atoms with Crippen LogP contribution in [0.2, 0.25) is 0 Å². The molecule has 4 aliphatic rings. The van der Waals surface area contributed by atoms with Gasteiger partial charge in [-0.25, -0.2) is 19.6 Å². The summed E-state index contributed by atoms with van der Waals surface area (Å²) in [6.45, 7) is 8.89. The van der Waals surface area contributed by atoms with E-state index in [1.807, 2.05) is 49.9 Å². The van der Waals surface area contributed by atoms with E-state index in [2.05, 4.69) is 69.1 Å². The lowest BCUT2D eigenvalue weighted by molar-refractivity contribution is -0.136. The number of carbonyl (C=O) groups is 4. The van der Waals surface area contributed by atoms with Gasteiger partial charge in [-0.15, -0.1) is 0 Å². The molecule has 14 nitrogen and oxygen atoms in total. The smallest absolute Gasteiger partial charge is 0.407 e. The predicted molar refractivity (Wildman–Crippen MR) is 240 cm³/mol. The summed E-state index contributed by atoms with van der Waals surface area (Å²) in [6.07, 6.45) is 9.38. The summed E-state index contributed by atoms with van der Waals surface area (Å²) < 4.78 is 9.61. The molecule has 5 aromatic rings. The van der Waals surface area contributed by atoms with Gasteiger partial charge < -0.3 is 39.9 Å². The van der Waals surface area contributed by atoms with E-state index in [1.165, 1.54) is 54.9 Å². The third-order valence-electron chi connectivity index (χ3n) is 14.0. The number of H-pyrrole nitrogens is 2. The van der Waals surface area contributed by atoms with Crippen LogP contribution in [0.4, 0.5) is 9.59 Å². The zero-order valence-electron chi connectivity index (χ0n) is 37.0. The van der Waals surface area contributed by atoms with Gasteiger partial charge in [0.1, 0.15) is 23.7 Å². The fourth-order valence-electron chi connectivity index (χ4n) is 10.8. The lowest BCUT2D eigenvalue weighted by Gasteiger charge is -2.30. The number of amides is 4. The van der Waals surface area contributed by atoms with Crippen LogP contribution in [0.1, 0.15) is 119 Å². The first kappa shape index (κ1) is 42.1. The molecule has 3 fully saturated rings. The van der Waals surface area contributed by atoms with Gasteiger partial charge >= 0.3 is 12.2 Å². The Balaban J connectivity index is 0.951. The molecular weight excluding hydrogens is 797 g/mol. The number of ether oxygens (including phenoxy) is 2. The first-order valence-electron chi connectivity index (χ1n) is 22.5. The highest BCUT2D eigenvalue weighted by atomic mass is 16.5. The molecule has 6 atom stereocenters. The Bertz CT molecular complexity index is 2560. The average molecular weight is 855 g/mol. The van der Waals surface area contributed by atoms with Crippen LogP contribution in [-0.2, 0) is 19.1 Å². The van der Waals surface area contributed by atoms with Gasteiger partial charge in [-0.05, 0) is 114 Å². The van der Waals surface area contributed by atoms with Crippen LogP contribution in [-0.4, -0.2) is 93.1 Å². The number of rotatable bonds is 11. The third kappa shape index (κ3) is 7.82. The van der Waals surface area contributed by atoms with Crippen molar-refractivity contribution < 1.29 is 28.7 Å². The fraction of sp³-hybridized carbons (Fsp3) is 0.469. The highest BCUT2D eigenvalue weighted by Gasteiger charge is 2.42. The second kappa shape index (κ2) is 17.2. The molecule has 9 rings (SSSR count). The Morgan fingerprint density at radius 3 is 1.65 bits per heavy atom. The maximum Gasteiger partial charge on any atom is 0.407 e. The predicted octanol–water partition coefficient (Wildman–Crippen LogP) is 8.74. The van der Waals surface area contributed by atoms with Gasteiger partial charge in [-0.2, -0.15) is 0 Å². The first-order chi connectivity index (χ1) is 30.4. The van der Waals surface area contributed by atoms with Crippen molar-refractivity contribution in [3.63, 3.8) is 0 Å². The minimum Gasteiger partial charge on any atom is -0.453 e. The van der Waals surface area contributed by atoms with Crippen LogP contribution in [0.25, 0.3) is 44.4 Å². The molecule has 2 unspecified atom stereocenters. The Kier molecular flexibility index (Phi) is 11.5. The summed E-state index contributed by atoms with van der Waals surface area (Å²) in [5.41, 5.74) is 9.43. The normalized spacial score (nSPS) is 21.3. The Morgan fingerprint density at radius 1 is 0.635 bits per heavy atom. The van der Waals surface area contributed by atoms with Crippen molar-refractivity contribution in [3.05, 3.63) is 83.7 Å². The van der Waals surface area contributed by atoms with Crippen molar-refractivity contribution in [2.24, 2.45) is 11.8 Å². The standard InChI is InChI=1S/C49H58N8O6/c1-26(2)42(54-48(60)62-5)46(58)56-19-7-9-38(56)44-50-24-36(52-44)31-14-12-28-21-30(13-11-29(28)22-31)34-17-18-35(41-33-16-15-32(23-33)40(34)41)37-25-51-45(53-37)39-10-8-20-57(39)47(59)43(27(3)4)55-49(61)63-6/h11-14,17-18,21-22,24-27,32-33,38-39,42-43H,7-10,15-16,19-20,23H2,1-6H3,(H,50,52)(H,51,53)(H,54,60)(H,55,61)/t32?,33?,38-,39-,42-,43-/m0/s1. The van der Waals surface area contributed by atoms with Crippen molar-refractivity contribution in [3.8, 4) is 33.6 Å². The lowest BCUT2D eigenvalue weighted by atomic mass is 9.82. The van der Waals surface area contributed by atoms with Gasteiger partial charge in [0.25, 0.3) is 0 Å². The van der Waals surface area contributed by atoms with Gasteiger partial charge in [0.05, 0.1) is 50.1 Å². The zero-order chi connectivity index (χ0) is 44.1. The molecule has 2 aliphatic heterocycles. The maximum atomic E-state index is 13.8. The minimum atomic E-state index is -0.687. The second-order valence-electron chi connectivity index (χ2n) is 18.4. The molecule has 4 amide bonds. The first-order valence-corrected chi connectivity index (χ1v) is 22.5. The maximum absolute atomic E-state index is 13.8. The van der Waals surface area contributed by atoms with Crippen molar-refractivity contribution in [2.75, 3.05) is 27.3 Å². The van der Waals surface area contributed by atoms with E-state index < -0.39 is 24.3 Å². The van der Waals surface area contributed by atoms with Crippen LogP contribution < -0.4 is 10.6 Å². The number of aromatic amines is 2.